The minimum Gasteiger partial charge on any atom is -0.465 e. The molecule has 0 aliphatic carbocycles. The first-order chi connectivity index (χ1) is 11.5. The Balaban J connectivity index is 2.10. The van der Waals surface area contributed by atoms with E-state index in [4.69, 9.17) is 5.11 Å². The third kappa shape index (κ3) is 3.17. The minimum atomic E-state index is -3.83. The second-order valence-electron chi connectivity index (χ2n) is 4.89. The van der Waals surface area contributed by atoms with Crippen LogP contribution in [0.4, 0.5) is 4.79 Å². The van der Waals surface area contributed by atoms with Crippen LogP contribution in [0.3, 0.4) is 0 Å². The highest BCUT2D eigenvalue weighted by Crippen LogP contribution is 2.28. The molecule has 7 nitrogen and oxygen atoms in total. The van der Waals surface area contributed by atoms with Gasteiger partial charge in [-0.1, -0.05) is 0 Å². The van der Waals surface area contributed by atoms with Crippen LogP contribution in [-0.4, -0.2) is 28.6 Å². The Hall–Kier alpha value is -2.65. The van der Waals surface area contributed by atoms with Crippen LogP contribution in [0.25, 0.3) is 11.3 Å². The zero-order chi connectivity index (χ0) is 17.2. The zero-order valence-electron chi connectivity index (χ0n) is 12.3. The molecule has 0 atom stereocenters. The predicted octanol–water partition coefficient (Wildman–Crippen LogP) is 2.62. The van der Waals surface area contributed by atoms with Gasteiger partial charge in [0.05, 0.1) is 5.69 Å². The van der Waals surface area contributed by atoms with Crippen molar-refractivity contribution in [3.8, 4) is 11.3 Å². The molecule has 124 valence electrons. The Labute approximate surface area is 142 Å². The Bertz CT molecular complexity index is 948. The van der Waals surface area contributed by atoms with Crippen molar-refractivity contribution < 1.29 is 18.3 Å². The van der Waals surface area contributed by atoms with Gasteiger partial charge in [0.1, 0.15) is 4.90 Å². The van der Waals surface area contributed by atoms with Crippen LogP contribution in [0.15, 0.2) is 58.5 Å². The zero-order valence-corrected chi connectivity index (χ0v) is 13.9. The van der Waals surface area contributed by atoms with E-state index in [2.05, 4.69) is 10.3 Å². The fourth-order valence-corrected chi connectivity index (χ4v) is 4.22. The Morgan fingerprint density at radius 3 is 2.83 bits per heavy atom. The Kier molecular flexibility index (Phi) is 4.36. The molecule has 0 spiro atoms. The van der Waals surface area contributed by atoms with Crippen LogP contribution >= 0.6 is 11.3 Å². The third-order valence-electron chi connectivity index (χ3n) is 3.29. The molecule has 0 saturated heterocycles. The van der Waals surface area contributed by atoms with E-state index >= 15 is 0 Å². The van der Waals surface area contributed by atoms with E-state index in [-0.39, 0.29) is 11.4 Å². The first-order valence-corrected chi connectivity index (χ1v) is 9.23. The maximum atomic E-state index is 12.9. The number of hydrogen-bond donors (Lipinski definition) is 2. The molecule has 2 N–H and O–H groups in total. The second kappa shape index (κ2) is 6.46. The van der Waals surface area contributed by atoms with Crippen molar-refractivity contribution in [2.45, 2.75) is 11.4 Å². The molecule has 0 radical (unpaired) electrons. The monoisotopic (exact) mass is 363 g/mol. The molecule has 0 saturated carbocycles. The number of carbonyl (C=O) groups is 1. The number of pyridine rings is 1. The van der Waals surface area contributed by atoms with Crippen LogP contribution in [0.1, 0.15) is 5.56 Å². The molecule has 0 unspecified atom stereocenters. The van der Waals surface area contributed by atoms with E-state index in [0.717, 1.165) is 9.54 Å². The van der Waals surface area contributed by atoms with Gasteiger partial charge in [0.2, 0.25) is 0 Å². The summed E-state index contributed by atoms with van der Waals surface area (Å²) in [5.41, 5.74) is 1.77. The first kappa shape index (κ1) is 16.2. The summed E-state index contributed by atoms with van der Waals surface area (Å²) in [6, 6.07) is 6.48. The lowest BCUT2D eigenvalue weighted by Crippen LogP contribution is -2.19. The van der Waals surface area contributed by atoms with Crippen molar-refractivity contribution in [3.05, 3.63) is 59.2 Å². The maximum absolute atomic E-state index is 12.9. The van der Waals surface area contributed by atoms with Gasteiger partial charge in [0, 0.05) is 36.1 Å². The van der Waals surface area contributed by atoms with Gasteiger partial charge in [0.25, 0.3) is 10.0 Å². The molecule has 0 bridgehead atoms. The van der Waals surface area contributed by atoms with E-state index in [1.54, 1.807) is 12.1 Å². The molecule has 3 rings (SSSR count). The Morgan fingerprint density at radius 1 is 1.38 bits per heavy atom. The topological polar surface area (TPSA) is 101 Å². The summed E-state index contributed by atoms with van der Waals surface area (Å²) in [5.74, 6) is 0. The summed E-state index contributed by atoms with van der Waals surface area (Å²) in [6.07, 6.45) is 3.03. The number of thiophene rings is 1. The largest absolute Gasteiger partial charge is 0.465 e. The molecule has 1 amide bonds. The van der Waals surface area contributed by atoms with Crippen molar-refractivity contribution >= 4 is 27.5 Å². The lowest BCUT2D eigenvalue weighted by Gasteiger charge is -2.09. The molecular weight excluding hydrogens is 350 g/mol. The quantitative estimate of drug-likeness (QED) is 0.725. The summed E-state index contributed by atoms with van der Waals surface area (Å²) >= 11 is 1.45. The van der Waals surface area contributed by atoms with E-state index in [1.165, 1.54) is 36.0 Å². The predicted molar refractivity (Wildman–Crippen MR) is 89.4 cm³/mol. The fourth-order valence-electron chi connectivity index (χ4n) is 2.20. The van der Waals surface area contributed by atoms with Crippen LogP contribution in [0.5, 0.6) is 0 Å². The van der Waals surface area contributed by atoms with E-state index in [0.29, 0.717) is 11.3 Å². The van der Waals surface area contributed by atoms with Gasteiger partial charge in [0.15, 0.2) is 0 Å². The molecule has 0 fully saturated rings. The van der Waals surface area contributed by atoms with Gasteiger partial charge in [-0.05, 0) is 35.2 Å². The SMILES string of the molecule is O=C(O)NCc1cc(-c2ccsc2)n(S(=O)(=O)c2cccnc2)c1. The summed E-state index contributed by atoms with van der Waals surface area (Å²) in [4.78, 5) is 14.6. The average molecular weight is 363 g/mol. The van der Waals surface area contributed by atoms with E-state index in [9.17, 15) is 13.2 Å². The van der Waals surface area contributed by atoms with Gasteiger partial charge in [-0.25, -0.2) is 17.2 Å². The fraction of sp³-hybridized carbons (Fsp3) is 0.0667. The average Bonchev–Trinajstić information content (AvgIpc) is 3.23. The number of rotatable bonds is 5. The number of aromatic nitrogens is 2. The third-order valence-corrected chi connectivity index (χ3v) is 5.63. The van der Waals surface area contributed by atoms with Crippen LogP contribution in [-0.2, 0) is 16.6 Å². The lowest BCUT2D eigenvalue weighted by molar-refractivity contribution is 0.194. The van der Waals surface area contributed by atoms with Crippen molar-refractivity contribution in [2.24, 2.45) is 0 Å². The van der Waals surface area contributed by atoms with Crippen molar-refractivity contribution in [1.29, 1.82) is 0 Å². The molecule has 0 aliphatic heterocycles. The highest BCUT2D eigenvalue weighted by Gasteiger charge is 2.22. The molecule has 3 aromatic heterocycles. The van der Waals surface area contributed by atoms with Crippen LogP contribution in [0.2, 0.25) is 0 Å². The van der Waals surface area contributed by atoms with Crippen LogP contribution < -0.4 is 5.32 Å². The number of nitrogens with zero attached hydrogens (tertiary/aromatic N) is 2. The molecule has 3 heterocycles. The van der Waals surface area contributed by atoms with Gasteiger partial charge in [-0.2, -0.15) is 11.3 Å². The maximum Gasteiger partial charge on any atom is 0.404 e. The Morgan fingerprint density at radius 2 is 2.21 bits per heavy atom. The van der Waals surface area contributed by atoms with Gasteiger partial charge < -0.3 is 10.4 Å². The molecule has 24 heavy (non-hydrogen) atoms. The lowest BCUT2D eigenvalue weighted by atomic mass is 10.2. The first-order valence-electron chi connectivity index (χ1n) is 6.85. The van der Waals surface area contributed by atoms with Crippen molar-refractivity contribution in [3.63, 3.8) is 0 Å². The molecule has 3 aromatic rings. The van der Waals surface area contributed by atoms with Gasteiger partial charge in [-0.3, -0.25) is 4.98 Å². The number of carboxylic acid groups (broad SMARTS) is 1. The summed E-state index contributed by atoms with van der Waals surface area (Å²) in [7, 11) is -3.83. The second-order valence-corrected chi connectivity index (χ2v) is 7.49. The summed E-state index contributed by atoms with van der Waals surface area (Å²) < 4.78 is 26.9. The smallest absolute Gasteiger partial charge is 0.404 e. The molecule has 0 aromatic carbocycles. The summed E-state index contributed by atoms with van der Waals surface area (Å²) in [5, 5.41) is 14.6. The molecule has 9 heteroatoms. The minimum absolute atomic E-state index is 0.0159. The van der Waals surface area contributed by atoms with Crippen molar-refractivity contribution in [1.82, 2.24) is 14.3 Å². The highest BCUT2D eigenvalue weighted by molar-refractivity contribution is 7.90. The summed E-state index contributed by atoms with van der Waals surface area (Å²) in [6.45, 7) is 0.0159. The number of nitrogens with one attached hydrogen (secondary N) is 1. The van der Waals surface area contributed by atoms with Gasteiger partial charge >= 0.3 is 6.09 Å². The number of amides is 1. The van der Waals surface area contributed by atoms with Crippen molar-refractivity contribution in [2.75, 3.05) is 0 Å². The highest BCUT2D eigenvalue weighted by atomic mass is 32.2. The standard InChI is InChI=1S/C15H13N3O4S2/c19-15(20)17-7-11-6-14(12-3-5-23-10-12)18(9-11)24(21,22)13-2-1-4-16-8-13/h1-6,8-10,17H,7H2,(H,19,20). The molecular formula is C15H13N3O4S2. The molecule has 0 aliphatic rings. The van der Waals surface area contributed by atoms with Crippen LogP contribution in [0, 0.1) is 0 Å². The van der Waals surface area contributed by atoms with E-state index in [1.807, 2.05) is 16.8 Å². The normalized spacial score (nSPS) is 11.3. The van der Waals surface area contributed by atoms with E-state index < -0.39 is 16.1 Å². The van der Waals surface area contributed by atoms with Gasteiger partial charge in [-0.15, -0.1) is 0 Å². The number of hydrogen-bond acceptors (Lipinski definition) is 5.